The van der Waals surface area contributed by atoms with Crippen LogP contribution in [0, 0.1) is 11.3 Å². The number of nitriles is 1. The van der Waals surface area contributed by atoms with E-state index in [0.29, 0.717) is 5.56 Å². The van der Waals surface area contributed by atoms with Gasteiger partial charge in [0.1, 0.15) is 0 Å². The van der Waals surface area contributed by atoms with Gasteiger partial charge in [0, 0.05) is 12.4 Å². The highest BCUT2D eigenvalue weighted by molar-refractivity contribution is 5.55. The third-order valence-electron chi connectivity index (χ3n) is 1.82. The van der Waals surface area contributed by atoms with Crippen LogP contribution in [-0.2, 0) is 0 Å². The predicted molar refractivity (Wildman–Crippen MR) is 52.2 cm³/mol. The lowest BCUT2D eigenvalue weighted by Crippen LogP contribution is -1.86. The van der Waals surface area contributed by atoms with Crippen LogP contribution in [0.2, 0.25) is 0 Å². The summed E-state index contributed by atoms with van der Waals surface area (Å²) in [6.45, 7) is 0. The lowest BCUT2D eigenvalue weighted by Gasteiger charge is -1.98. The summed E-state index contributed by atoms with van der Waals surface area (Å²) >= 11 is 0. The molecule has 3 heteroatoms. The average Bonchev–Trinajstić information content (AvgIpc) is 2.30. The van der Waals surface area contributed by atoms with Gasteiger partial charge in [0.25, 0.3) is 0 Å². The molecule has 14 heavy (non-hydrogen) atoms. The van der Waals surface area contributed by atoms with Gasteiger partial charge in [-0.15, -0.1) is 0 Å². The standard InChI is InChI=1S/C11H7N3/c12-8-9-4-6-14-11(7-9)10-3-1-2-5-13-10/h1-7H. The van der Waals surface area contributed by atoms with Crippen LogP contribution in [0.1, 0.15) is 5.56 Å². The van der Waals surface area contributed by atoms with E-state index in [1.807, 2.05) is 18.2 Å². The lowest BCUT2D eigenvalue weighted by molar-refractivity contribution is 1.24. The fraction of sp³-hybridized carbons (Fsp3) is 0. The molecule has 0 spiro atoms. The maximum Gasteiger partial charge on any atom is 0.0992 e. The van der Waals surface area contributed by atoms with Gasteiger partial charge in [-0.25, -0.2) is 0 Å². The van der Waals surface area contributed by atoms with Gasteiger partial charge in [-0.3, -0.25) is 9.97 Å². The van der Waals surface area contributed by atoms with Crippen LogP contribution in [0.4, 0.5) is 0 Å². The Morgan fingerprint density at radius 3 is 2.57 bits per heavy atom. The minimum Gasteiger partial charge on any atom is -0.255 e. The molecule has 2 heterocycles. The van der Waals surface area contributed by atoms with Gasteiger partial charge in [0.2, 0.25) is 0 Å². The number of rotatable bonds is 1. The number of pyridine rings is 2. The van der Waals surface area contributed by atoms with Crippen molar-refractivity contribution in [3.63, 3.8) is 0 Å². The zero-order chi connectivity index (χ0) is 9.80. The molecule has 0 fully saturated rings. The van der Waals surface area contributed by atoms with Gasteiger partial charge in [0.05, 0.1) is 23.0 Å². The summed E-state index contributed by atoms with van der Waals surface area (Å²) < 4.78 is 0. The molecule has 0 aliphatic heterocycles. The molecular weight excluding hydrogens is 174 g/mol. The zero-order valence-corrected chi connectivity index (χ0v) is 7.38. The van der Waals surface area contributed by atoms with Crippen molar-refractivity contribution in [3.8, 4) is 17.5 Å². The fourth-order valence-electron chi connectivity index (χ4n) is 1.15. The monoisotopic (exact) mass is 181 g/mol. The maximum absolute atomic E-state index is 8.71. The van der Waals surface area contributed by atoms with Gasteiger partial charge in [-0.05, 0) is 24.3 Å². The van der Waals surface area contributed by atoms with Crippen molar-refractivity contribution in [2.45, 2.75) is 0 Å². The molecule has 3 nitrogen and oxygen atoms in total. The van der Waals surface area contributed by atoms with Crippen molar-refractivity contribution >= 4 is 0 Å². The van der Waals surface area contributed by atoms with E-state index >= 15 is 0 Å². The molecule has 0 bridgehead atoms. The number of aromatic nitrogens is 2. The molecule has 0 saturated heterocycles. The minimum absolute atomic E-state index is 0.598. The van der Waals surface area contributed by atoms with E-state index in [2.05, 4.69) is 16.0 Å². The van der Waals surface area contributed by atoms with Crippen molar-refractivity contribution < 1.29 is 0 Å². The topological polar surface area (TPSA) is 49.6 Å². The normalized spacial score (nSPS) is 9.36. The second-order valence-electron chi connectivity index (χ2n) is 2.76. The lowest BCUT2D eigenvalue weighted by atomic mass is 10.2. The first kappa shape index (κ1) is 8.39. The SMILES string of the molecule is N#Cc1ccnc(-c2ccccn2)c1. The van der Waals surface area contributed by atoms with Crippen LogP contribution < -0.4 is 0 Å². The Hall–Kier alpha value is -2.21. The smallest absolute Gasteiger partial charge is 0.0992 e. The van der Waals surface area contributed by atoms with Crippen LogP contribution in [0.15, 0.2) is 42.7 Å². The summed E-state index contributed by atoms with van der Waals surface area (Å²) in [7, 11) is 0. The number of nitrogens with zero attached hydrogens (tertiary/aromatic N) is 3. The van der Waals surface area contributed by atoms with Gasteiger partial charge < -0.3 is 0 Å². The van der Waals surface area contributed by atoms with Crippen LogP contribution in [0.5, 0.6) is 0 Å². The van der Waals surface area contributed by atoms with Gasteiger partial charge in [-0.2, -0.15) is 5.26 Å². The summed E-state index contributed by atoms with van der Waals surface area (Å²) in [5.74, 6) is 0. The van der Waals surface area contributed by atoms with Crippen molar-refractivity contribution in [2.75, 3.05) is 0 Å². The van der Waals surface area contributed by atoms with Gasteiger partial charge >= 0.3 is 0 Å². The Morgan fingerprint density at radius 2 is 1.86 bits per heavy atom. The third-order valence-corrected chi connectivity index (χ3v) is 1.82. The maximum atomic E-state index is 8.71. The zero-order valence-electron chi connectivity index (χ0n) is 7.38. The first-order valence-corrected chi connectivity index (χ1v) is 4.18. The Bertz CT molecular complexity index is 471. The second-order valence-corrected chi connectivity index (χ2v) is 2.76. The Labute approximate surface area is 81.7 Å². The van der Waals surface area contributed by atoms with Crippen molar-refractivity contribution in [3.05, 3.63) is 48.3 Å². The average molecular weight is 181 g/mol. The summed E-state index contributed by atoms with van der Waals surface area (Å²) in [6, 6.07) is 11.1. The van der Waals surface area contributed by atoms with Gasteiger partial charge in [0.15, 0.2) is 0 Å². The molecule has 0 atom stereocenters. The Balaban J connectivity index is 2.49. The quantitative estimate of drug-likeness (QED) is 0.676. The first-order chi connectivity index (χ1) is 6.90. The molecule has 66 valence electrons. The van der Waals surface area contributed by atoms with Crippen molar-refractivity contribution in [1.29, 1.82) is 5.26 Å². The molecule has 2 aromatic heterocycles. The molecule has 0 amide bonds. The van der Waals surface area contributed by atoms with E-state index in [1.165, 1.54) is 0 Å². The van der Waals surface area contributed by atoms with Crippen LogP contribution in [0.3, 0.4) is 0 Å². The molecule has 0 saturated carbocycles. The third kappa shape index (κ3) is 1.59. The van der Waals surface area contributed by atoms with Crippen molar-refractivity contribution in [2.24, 2.45) is 0 Å². The molecule has 0 N–H and O–H groups in total. The fourth-order valence-corrected chi connectivity index (χ4v) is 1.15. The summed E-state index contributed by atoms with van der Waals surface area (Å²) in [5.41, 5.74) is 2.11. The Morgan fingerprint density at radius 1 is 1.00 bits per heavy atom. The molecular formula is C11H7N3. The second kappa shape index (κ2) is 3.67. The van der Waals surface area contributed by atoms with E-state index in [1.54, 1.807) is 24.5 Å². The highest BCUT2D eigenvalue weighted by Gasteiger charge is 1.99. The van der Waals surface area contributed by atoms with E-state index < -0.39 is 0 Å². The van der Waals surface area contributed by atoms with E-state index in [-0.39, 0.29) is 0 Å². The molecule has 0 radical (unpaired) electrons. The number of hydrogen-bond donors (Lipinski definition) is 0. The predicted octanol–water partition coefficient (Wildman–Crippen LogP) is 2.02. The molecule has 0 aromatic carbocycles. The van der Waals surface area contributed by atoms with Gasteiger partial charge in [-0.1, -0.05) is 6.07 Å². The summed E-state index contributed by atoms with van der Waals surface area (Å²) in [4.78, 5) is 8.30. The highest BCUT2D eigenvalue weighted by Crippen LogP contribution is 2.13. The molecule has 2 rings (SSSR count). The summed E-state index contributed by atoms with van der Waals surface area (Å²) in [5, 5.41) is 8.71. The summed E-state index contributed by atoms with van der Waals surface area (Å²) in [6.07, 6.45) is 3.32. The van der Waals surface area contributed by atoms with E-state index in [4.69, 9.17) is 5.26 Å². The van der Waals surface area contributed by atoms with E-state index in [0.717, 1.165) is 11.4 Å². The minimum atomic E-state index is 0.598. The van der Waals surface area contributed by atoms with Crippen LogP contribution >= 0.6 is 0 Å². The molecule has 0 aliphatic rings. The van der Waals surface area contributed by atoms with E-state index in [9.17, 15) is 0 Å². The molecule has 0 unspecified atom stereocenters. The van der Waals surface area contributed by atoms with Crippen LogP contribution in [-0.4, -0.2) is 9.97 Å². The Kier molecular flexibility index (Phi) is 2.20. The van der Waals surface area contributed by atoms with Crippen molar-refractivity contribution in [1.82, 2.24) is 9.97 Å². The molecule has 0 aliphatic carbocycles. The largest absolute Gasteiger partial charge is 0.255 e. The van der Waals surface area contributed by atoms with Crippen LogP contribution in [0.25, 0.3) is 11.4 Å². The first-order valence-electron chi connectivity index (χ1n) is 4.18. The number of hydrogen-bond acceptors (Lipinski definition) is 3. The molecule has 2 aromatic rings. The highest BCUT2D eigenvalue weighted by atomic mass is 14.8.